The molecule has 1 aliphatic rings. The summed E-state index contributed by atoms with van der Waals surface area (Å²) in [5.74, 6) is 0.371. The molecule has 0 radical (unpaired) electrons. The van der Waals surface area contributed by atoms with Crippen molar-refractivity contribution in [1.29, 1.82) is 0 Å². The van der Waals surface area contributed by atoms with Crippen LogP contribution in [0.2, 0.25) is 0 Å². The normalized spacial score (nSPS) is 13.0. The number of benzene rings is 3. The summed E-state index contributed by atoms with van der Waals surface area (Å²) in [6.45, 7) is 4.35. The van der Waals surface area contributed by atoms with E-state index in [0.717, 1.165) is 0 Å². The van der Waals surface area contributed by atoms with Gasteiger partial charge in [0.2, 0.25) is 0 Å². The van der Waals surface area contributed by atoms with Gasteiger partial charge in [-0.1, -0.05) is 77.9 Å². The maximum Gasteiger partial charge on any atom is 0.0352 e. The molecule has 0 unspecified atom stereocenters. The first-order valence-electron chi connectivity index (χ1n) is 7.50. The van der Waals surface area contributed by atoms with Gasteiger partial charge in [-0.3, -0.25) is 0 Å². The Morgan fingerprint density at radius 2 is 1.14 bits per heavy atom. The van der Waals surface area contributed by atoms with Crippen molar-refractivity contribution in [3.8, 4) is 11.1 Å². The Morgan fingerprint density at radius 1 is 0.619 bits per heavy atom. The van der Waals surface area contributed by atoms with Gasteiger partial charge in [0.25, 0.3) is 0 Å². The highest BCUT2D eigenvalue weighted by molar-refractivity contribution is 5.81. The lowest BCUT2D eigenvalue weighted by Crippen LogP contribution is -1.99. The van der Waals surface area contributed by atoms with Crippen molar-refractivity contribution >= 4 is 0 Å². The molecular formula is C21H18. The maximum absolute atomic E-state index is 2.35. The molecule has 0 aliphatic heterocycles. The van der Waals surface area contributed by atoms with Gasteiger partial charge in [-0.05, 0) is 41.7 Å². The molecule has 1 aliphatic carbocycles. The summed E-state index contributed by atoms with van der Waals surface area (Å²) in [4.78, 5) is 0. The van der Waals surface area contributed by atoms with Crippen molar-refractivity contribution in [3.63, 3.8) is 0 Å². The van der Waals surface area contributed by atoms with Crippen LogP contribution in [0.5, 0.6) is 0 Å². The van der Waals surface area contributed by atoms with Crippen molar-refractivity contribution in [1.82, 2.24) is 0 Å². The molecular weight excluding hydrogens is 252 g/mol. The number of fused-ring (bicyclic) bond motifs is 3. The molecule has 3 aromatic carbocycles. The second kappa shape index (κ2) is 4.60. The first-order valence-corrected chi connectivity index (χ1v) is 7.50. The molecule has 0 N–H and O–H groups in total. The van der Waals surface area contributed by atoms with Gasteiger partial charge in [0.1, 0.15) is 0 Å². The molecule has 21 heavy (non-hydrogen) atoms. The first kappa shape index (κ1) is 12.4. The Morgan fingerprint density at radius 3 is 1.67 bits per heavy atom. The third-order valence-electron chi connectivity index (χ3n) is 4.46. The minimum Gasteiger partial charge on any atom is -0.0622 e. The van der Waals surface area contributed by atoms with E-state index < -0.39 is 0 Å². The minimum atomic E-state index is 0.371. The summed E-state index contributed by atoms with van der Waals surface area (Å²) in [5, 5.41) is 0. The van der Waals surface area contributed by atoms with E-state index in [9.17, 15) is 0 Å². The predicted molar refractivity (Wildman–Crippen MR) is 88.7 cm³/mol. The summed E-state index contributed by atoms with van der Waals surface area (Å²) in [6, 6.07) is 24.5. The second-order valence-electron chi connectivity index (χ2n) is 6.03. The summed E-state index contributed by atoms with van der Waals surface area (Å²) < 4.78 is 0. The molecule has 0 aromatic heterocycles. The third kappa shape index (κ3) is 1.91. The zero-order valence-electron chi connectivity index (χ0n) is 12.4. The molecule has 102 valence electrons. The van der Waals surface area contributed by atoms with E-state index in [1.165, 1.54) is 38.9 Å². The molecule has 3 aromatic rings. The molecule has 0 atom stereocenters. The summed E-state index contributed by atoms with van der Waals surface area (Å²) >= 11 is 0. The Hall–Kier alpha value is -2.34. The fourth-order valence-corrected chi connectivity index (χ4v) is 3.50. The van der Waals surface area contributed by atoms with Crippen molar-refractivity contribution in [2.75, 3.05) is 0 Å². The smallest absolute Gasteiger partial charge is 0.0352 e. The molecule has 0 fully saturated rings. The Bertz CT molecular complexity index is 761. The Kier molecular flexibility index (Phi) is 2.71. The van der Waals surface area contributed by atoms with E-state index in [-0.39, 0.29) is 0 Å². The molecule has 0 heterocycles. The molecule has 0 nitrogen and oxygen atoms in total. The summed E-state index contributed by atoms with van der Waals surface area (Å²) in [6.07, 6.45) is 0. The van der Waals surface area contributed by atoms with Gasteiger partial charge in [0.05, 0.1) is 0 Å². The highest BCUT2D eigenvalue weighted by atomic mass is 14.3. The van der Waals surface area contributed by atoms with Gasteiger partial charge < -0.3 is 0 Å². The Labute approximate surface area is 126 Å². The van der Waals surface area contributed by atoms with E-state index in [1.807, 2.05) is 0 Å². The molecule has 0 saturated heterocycles. The number of rotatable bonds is 1. The molecule has 0 amide bonds. The van der Waals surface area contributed by atoms with Crippen LogP contribution in [0.15, 0.2) is 66.7 Å². The van der Waals surface area contributed by atoms with E-state index in [4.69, 9.17) is 0 Å². The highest BCUT2D eigenvalue weighted by Crippen LogP contribution is 2.48. The lowest BCUT2D eigenvalue weighted by Gasteiger charge is -2.15. The van der Waals surface area contributed by atoms with Crippen LogP contribution in [0.4, 0.5) is 0 Å². The average Bonchev–Trinajstić information content (AvgIpc) is 2.80. The zero-order chi connectivity index (χ0) is 14.4. The lowest BCUT2D eigenvalue weighted by molar-refractivity contribution is 1.01. The van der Waals surface area contributed by atoms with Gasteiger partial charge >= 0.3 is 0 Å². The molecule has 0 saturated carbocycles. The van der Waals surface area contributed by atoms with Crippen LogP contribution in [-0.4, -0.2) is 0 Å². The van der Waals surface area contributed by atoms with Gasteiger partial charge in [-0.2, -0.15) is 0 Å². The van der Waals surface area contributed by atoms with Crippen molar-refractivity contribution < 1.29 is 0 Å². The molecule has 0 bridgehead atoms. The van der Waals surface area contributed by atoms with Gasteiger partial charge in [0.15, 0.2) is 0 Å². The SMILES string of the molecule is Cc1ccc2c(c1)C(c1ccccc1)c1cc(C)ccc1-2. The lowest BCUT2D eigenvalue weighted by atomic mass is 9.88. The zero-order valence-corrected chi connectivity index (χ0v) is 12.4. The van der Waals surface area contributed by atoms with Crippen LogP contribution in [0.25, 0.3) is 11.1 Å². The van der Waals surface area contributed by atoms with Crippen molar-refractivity contribution in [3.05, 3.63) is 94.5 Å². The van der Waals surface area contributed by atoms with E-state index in [1.54, 1.807) is 0 Å². The van der Waals surface area contributed by atoms with Gasteiger partial charge in [-0.25, -0.2) is 0 Å². The number of hydrogen-bond donors (Lipinski definition) is 0. The van der Waals surface area contributed by atoms with Gasteiger partial charge in [0, 0.05) is 5.92 Å². The fourth-order valence-electron chi connectivity index (χ4n) is 3.50. The molecule has 4 rings (SSSR count). The third-order valence-corrected chi connectivity index (χ3v) is 4.46. The van der Waals surface area contributed by atoms with Gasteiger partial charge in [-0.15, -0.1) is 0 Å². The quantitative estimate of drug-likeness (QED) is 0.430. The summed E-state index contributed by atoms with van der Waals surface area (Å²) in [5.41, 5.74) is 9.73. The van der Waals surface area contributed by atoms with Crippen LogP contribution < -0.4 is 0 Å². The maximum atomic E-state index is 2.35. The first-order chi connectivity index (χ1) is 10.2. The largest absolute Gasteiger partial charge is 0.0622 e. The van der Waals surface area contributed by atoms with Crippen molar-refractivity contribution in [2.45, 2.75) is 19.8 Å². The van der Waals surface area contributed by atoms with E-state index in [0.29, 0.717) is 5.92 Å². The fraction of sp³-hybridized carbons (Fsp3) is 0.143. The Balaban J connectivity index is 2.02. The molecule has 0 heteroatoms. The van der Waals surface area contributed by atoms with Crippen LogP contribution in [-0.2, 0) is 0 Å². The van der Waals surface area contributed by atoms with Crippen LogP contribution in [0.1, 0.15) is 33.7 Å². The summed E-state index contributed by atoms with van der Waals surface area (Å²) in [7, 11) is 0. The minimum absolute atomic E-state index is 0.371. The van der Waals surface area contributed by atoms with Crippen LogP contribution in [0.3, 0.4) is 0 Å². The van der Waals surface area contributed by atoms with Crippen molar-refractivity contribution in [2.24, 2.45) is 0 Å². The van der Waals surface area contributed by atoms with E-state index >= 15 is 0 Å². The number of aryl methyl sites for hydroxylation is 2. The van der Waals surface area contributed by atoms with E-state index in [2.05, 4.69) is 80.6 Å². The van der Waals surface area contributed by atoms with Crippen LogP contribution in [0, 0.1) is 13.8 Å². The average molecular weight is 270 g/mol. The second-order valence-corrected chi connectivity index (χ2v) is 6.03. The number of hydrogen-bond acceptors (Lipinski definition) is 0. The predicted octanol–water partition coefficient (Wildman–Crippen LogP) is 5.46. The monoisotopic (exact) mass is 270 g/mol. The molecule has 0 spiro atoms. The standard InChI is InChI=1S/C21H18/c1-14-8-10-17-18-11-9-15(2)13-20(18)21(19(17)12-14)16-6-4-3-5-7-16/h3-13,21H,1-2H3. The topological polar surface area (TPSA) is 0 Å². The highest BCUT2D eigenvalue weighted by Gasteiger charge is 2.29. The van der Waals surface area contributed by atoms with Crippen LogP contribution >= 0.6 is 0 Å².